The Balaban J connectivity index is 3.04. The number of rotatable bonds is 7. The summed E-state index contributed by atoms with van der Waals surface area (Å²) in [5.41, 5.74) is 1.02. The second kappa shape index (κ2) is 7.77. The van der Waals surface area contributed by atoms with Gasteiger partial charge in [-0.3, -0.25) is 0 Å². The van der Waals surface area contributed by atoms with E-state index in [1.165, 1.54) is 4.31 Å². The molecular formula is C14H19BrN2O2S. The van der Waals surface area contributed by atoms with Crippen LogP contribution in [0.25, 0.3) is 0 Å². The molecule has 0 saturated heterocycles. The number of sulfonamides is 1. The predicted molar refractivity (Wildman–Crippen MR) is 82.9 cm³/mol. The zero-order valence-corrected chi connectivity index (χ0v) is 14.1. The molecule has 0 N–H and O–H groups in total. The third-order valence-electron chi connectivity index (χ3n) is 2.76. The average molecular weight is 359 g/mol. The topological polar surface area (TPSA) is 61.2 Å². The molecule has 0 aliphatic heterocycles. The molecule has 0 radical (unpaired) electrons. The smallest absolute Gasteiger partial charge is 0.207 e. The Morgan fingerprint density at radius 3 is 2.35 bits per heavy atom. The first-order chi connectivity index (χ1) is 9.41. The summed E-state index contributed by atoms with van der Waals surface area (Å²) in [6.45, 7) is 4.58. The van der Waals surface area contributed by atoms with Crippen LogP contribution in [0, 0.1) is 17.2 Å². The number of halogens is 1. The highest BCUT2D eigenvalue weighted by molar-refractivity contribution is 9.08. The van der Waals surface area contributed by atoms with Gasteiger partial charge in [-0.05, 0) is 23.6 Å². The fraction of sp³-hybridized carbons (Fsp3) is 0.500. The molecule has 20 heavy (non-hydrogen) atoms. The Morgan fingerprint density at radius 2 is 1.90 bits per heavy atom. The number of hydrogen-bond acceptors (Lipinski definition) is 3. The van der Waals surface area contributed by atoms with E-state index in [2.05, 4.69) is 15.9 Å². The summed E-state index contributed by atoms with van der Waals surface area (Å²) in [5, 5.41) is 9.37. The van der Waals surface area contributed by atoms with Crippen molar-refractivity contribution in [3.05, 3.63) is 29.8 Å². The average Bonchev–Trinajstić information content (AvgIpc) is 2.43. The molecule has 0 atom stereocenters. The summed E-state index contributed by atoms with van der Waals surface area (Å²) < 4.78 is 26.5. The molecule has 4 nitrogen and oxygen atoms in total. The summed E-state index contributed by atoms with van der Waals surface area (Å²) in [6.07, 6.45) is 0.200. The molecule has 110 valence electrons. The van der Waals surface area contributed by atoms with Gasteiger partial charge in [0.25, 0.3) is 0 Å². The van der Waals surface area contributed by atoms with Crippen LogP contribution in [-0.2, 0) is 15.4 Å². The normalized spacial score (nSPS) is 11.8. The van der Waals surface area contributed by atoms with Crippen molar-refractivity contribution in [1.29, 1.82) is 5.26 Å². The van der Waals surface area contributed by atoms with Crippen molar-refractivity contribution in [2.45, 2.75) is 30.5 Å². The molecule has 0 aliphatic rings. The van der Waals surface area contributed by atoms with Gasteiger partial charge in [-0.15, -0.1) is 0 Å². The SMILES string of the molecule is CC(C)CN(CCC#N)S(=O)(=O)c1ccc(CBr)cc1. The van der Waals surface area contributed by atoms with E-state index in [0.717, 1.165) is 5.56 Å². The molecule has 0 heterocycles. The van der Waals surface area contributed by atoms with E-state index in [-0.39, 0.29) is 23.8 Å². The van der Waals surface area contributed by atoms with Crippen LogP contribution in [-0.4, -0.2) is 25.8 Å². The largest absolute Gasteiger partial charge is 0.243 e. The lowest BCUT2D eigenvalue weighted by Gasteiger charge is -2.23. The summed E-state index contributed by atoms with van der Waals surface area (Å²) in [5.74, 6) is 0.213. The van der Waals surface area contributed by atoms with Crippen molar-refractivity contribution in [3.8, 4) is 6.07 Å². The quantitative estimate of drug-likeness (QED) is 0.703. The fourth-order valence-electron chi connectivity index (χ4n) is 1.79. The minimum atomic E-state index is -3.53. The standard InChI is InChI=1S/C14H19BrN2O2S/c1-12(2)11-17(9-3-8-16)20(18,19)14-6-4-13(10-15)5-7-14/h4-7,12H,3,9-11H2,1-2H3. The monoisotopic (exact) mass is 358 g/mol. The molecule has 1 aromatic carbocycles. The van der Waals surface area contributed by atoms with Crippen LogP contribution < -0.4 is 0 Å². The van der Waals surface area contributed by atoms with Gasteiger partial charge >= 0.3 is 0 Å². The maximum absolute atomic E-state index is 12.6. The second-order valence-corrected chi connectivity index (χ2v) is 7.44. The first-order valence-electron chi connectivity index (χ1n) is 6.43. The highest BCUT2D eigenvalue weighted by Crippen LogP contribution is 2.19. The minimum Gasteiger partial charge on any atom is -0.207 e. The summed E-state index contributed by atoms with van der Waals surface area (Å²) >= 11 is 3.33. The number of benzene rings is 1. The van der Waals surface area contributed by atoms with E-state index >= 15 is 0 Å². The molecule has 0 spiro atoms. The van der Waals surface area contributed by atoms with Crippen molar-refractivity contribution in [2.24, 2.45) is 5.92 Å². The van der Waals surface area contributed by atoms with E-state index in [0.29, 0.717) is 11.9 Å². The molecule has 6 heteroatoms. The second-order valence-electron chi connectivity index (χ2n) is 4.94. The van der Waals surface area contributed by atoms with Gasteiger partial charge in [0.15, 0.2) is 0 Å². The zero-order valence-electron chi connectivity index (χ0n) is 11.7. The molecule has 0 saturated carbocycles. The van der Waals surface area contributed by atoms with Crippen LogP contribution in [0.15, 0.2) is 29.2 Å². The van der Waals surface area contributed by atoms with E-state index < -0.39 is 10.0 Å². The maximum atomic E-state index is 12.6. The Bertz CT molecular complexity index is 562. The van der Waals surface area contributed by atoms with Crippen LogP contribution in [0.4, 0.5) is 0 Å². The molecule has 1 rings (SSSR count). The number of hydrogen-bond donors (Lipinski definition) is 0. The summed E-state index contributed by atoms with van der Waals surface area (Å²) in [4.78, 5) is 0.279. The molecule has 0 aliphatic carbocycles. The van der Waals surface area contributed by atoms with Gasteiger partial charge < -0.3 is 0 Å². The Morgan fingerprint density at radius 1 is 1.30 bits per heavy atom. The fourth-order valence-corrected chi connectivity index (χ4v) is 3.77. The summed E-state index contributed by atoms with van der Waals surface area (Å²) in [6, 6.07) is 8.82. The van der Waals surface area contributed by atoms with Crippen molar-refractivity contribution in [3.63, 3.8) is 0 Å². The van der Waals surface area contributed by atoms with Crippen LogP contribution in [0.3, 0.4) is 0 Å². The van der Waals surface area contributed by atoms with Crippen molar-refractivity contribution < 1.29 is 8.42 Å². The van der Waals surface area contributed by atoms with Crippen LogP contribution in [0.2, 0.25) is 0 Å². The highest BCUT2D eigenvalue weighted by Gasteiger charge is 2.24. The number of nitriles is 1. The van der Waals surface area contributed by atoms with Gasteiger partial charge in [0.2, 0.25) is 10.0 Å². The molecular weight excluding hydrogens is 340 g/mol. The number of alkyl halides is 1. The lowest BCUT2D eigenvalue weighted by Crippen LogP contribution is -2.35. The minimum absolute atomic E-state index is 0.200. The first-order valence-corrected chi connectivity index (χ1v) is 9.00. The van der Waals surface area contributed by atoms with Crippen LogP contribution in [0.5, 0.6) is 0 Å². The van der Waals surface area contributed by atoms with Gasteiger partial charge in [-0.25, -0.2) is 8.42 Å². The molecule has 0 bridgehead atoms. The summed E-state index contributed by atoms with van der Waals surface area (Å²) in [7, 11) is -3.53. The molecule has 0 unspecified atom stereocenters. The highest BCUT2D eigenvalue weighted by atomic mass is 79.9. The lowest BCUT2D eigenvalue weighted by atomic mass is 10.2. The van der Waals surface area contributed by atoms with E-state index in [9.17, 15) is 8.42 Å². The van der Waals surface area contributed by atoms with Crippen LogP contribution in [0.1, 0.15) is 25.8 Å². The first kappa shape index (κ1) is 17.2. The Labute approximate surface area is 129 Å². The van der Waals surface area contributed by atoms with Crippen molar-refractivity contribution >= 4 is 26.0 Å². The molecule has 0 aromatic heterocycles. The third-order valence-corrected chi connectivity index (χ3v) is 5.28. The van der Waals surface area contributed by atoms with Gasteiger partial charge in [-0.2, -0.15) is 9.57 Å². The van der Waals surface area contributed by atoms with Crippen LogP contribution >= 0.6 is 15.9 Å². The maximum Gasteiger partial charge on any atom is 0.243 e. The molecule has 0 fully saturated rings. The Kier molecular flexibility index (Phi) is 6.66. The third kappa shape index (κ3) is 4.58. The zero-order chi connectivity index (χ0) is 15.2. The molecule has 1 aromatic rings. The predicted octanol–water partition coefficient (Wildman–Crippen LogP) is 3.14. The van der Waals surface area contributed by atoms with Gasteiger partial charge in [0, 0.05) is 24.8 Å². The van der Waals surface area contributed by atoms with Gasteiger partial charge in [0.05, 0.1) is 11.0 Å². The van der Waals surface area contributed by atoms with Crippen molar-refractivity contribution in [2.75, 3.05) is 13.1 Å². The van der Waals surface area contributed by atoms with E-state index in [4.69, 9.17) is 5.26 Å². The van der Waals surface area contributed by atoms with E-state index in [1.54, 1.807) is 24.3 Å². The lowest BCUT2D eigenvalue weighted by molar-refractivity contribution is 0.373. The van der Waals surface area contributed by atoms with Gasteiger partial charge in [0.1, 0.15) is 0 Å². The van der Waals surface area contributed by atoms with Gasteiger partial charge in [-0.1, -0.05) is 41.9 Å². The Hall–Kier alpha value is -0.900. The number of nitrogens with zero attached hydrogens (tertiary/aromatic N) is 2. The van der Waals surface area contributed by atoms with Crippen molar-refractivity contribution in [1.82, 2.24) is 4.31 Å². The van der Waals surface area contributed by atoms with E-state index in [1.807, 2.05) is 19.9 Å². The molecule has 0 amide bonds.